The number of likely N-dealkylation sites (N-methyl/N-ethyl adjacent to an activating group) is 1. The lowest BCUT2D eigenvalue weighted by atomic mass is 10.1. The van der Waals surface area contributed by atoms with Crippen molar-refractivity contribution in [2.45, 2.75) is 41.9 Å². The number of rotatable bonds is 8. The first kappa shape index (κ1) is 21.8. The molecule has 0 saturated heterocycles. The van der Waals surface area contributed by atoms with E-state index in [2.05, 4.69) is 22.3 Å². The minimum Gasteiger partial charge on any atom is -0.353 e. The van der Waals surface area contributed by atoms with E-state index in [-0.39, 0.29) is 4.90 Å². The quantitative estimate of drug-likeness (QED) is 0.688. The Balaban J connectivity index is 1.65. The fourth-order valence-corrected chi connectivity index (χ4v) is 6.11. The van der Waals surface area contributed by atoms with Crippen molar-refractivity contribution in [3.63, 3.8) is 0 Å². The van der Waals surface area contributed by atoms with Crippen LogP contribution in [-0.4, -0.2) is 44.1 Å². The molecule has 0 bridgehead atoms. The first-order valence-corrected chi connectivity index (χ1v) is 11.7. The Labute approximate surface area is 178 Å². The lowest BCUT2D eigenvalue weighted by molar-refractivity contribution is -0.123. The smallest absolute Gasteiger partial charge is 0.241 e. The highest BCUT2D eigenvalue weighted by molar-refractivity contribution is 7.93. The van der Waals surface area contributed by atoms with E-state index < -0.39 is 20.5 Å². The number of halogens is 1. The second-order valence-corrected chi connectivity index (χ2v) is 10.3. The molecule has 0 aromatic heterocycles. The molecular weight excluding hydrogens is 408 g/mol. The average Bonchev–Trinajstić information content (AvgIpc) is 3.21. The summed E-state index contributed by atoms with van der Waals surface area (Å²) in [6.45, 7) is 1.81. The lowest BCUT2D eigenvalue weighted by Crippen LogP contribution is -2.51. The van der Waals surface area contributed by atoms with E-state index in [1.807, 2.05) is 25.2 Å². The van der Waals surface area contributed by atoms with E-state index in [4.69, 9.17) is 11.6 Å². The number of carbonyl (C=O) groups excluding carboxylic acids is 1. The van der Waals surface area contributed by atoms with Gasteiger partial charge in [-0.15, -0.1) is 0 Å². The molecule has 1 fully saturated rings. The first-order chi connectivity index (χ1) is 13.8. The summed E-state index contributed by atoms with van der Waals surface area (Å²) in [6.07, 6.45) is 2.16. The van der Waals surface area contributed by atoms with Crippen molar-refractivity contribution in [3.8, 4) is 0 Å². The maximum atomic E-state index is 13.3. The third kappa shape index (κ3) is 4.82. The Hall–Kier alpha value is -1.89. The molecule has 0 spiro atoms. The van der Waals surface area contributed by atoms with Crippen LogP contribution in [0.2, 0.25) is 5.02 Å². The van der Waals surface area contributed by atoms with E-state index in [1.54, 1.807) is 12.1 Å². The maximum absolute atomic E-state index is 13.3. The monoisotopic (exact) mass is 434 g/mol. The van der Waals surface area contributed by atoms with Gasteiger partial charge in [0.2, 0.25) is 5.91 Å². The van der Waals surface area contributed by atoms with Crippen LogP contribution in [0.5, 0.6) is 0 Å². The van der Waals surface area contributed by atoms with Gasteiger partial charge in [-0.05, 0) is 49.7 Å². The van der Waals surface area contributed by atoms with Crippen LogP contribution in [-0.2, 0) is 21.2 Å². The second-order valence-electron chi connectivity index (χ2n) is 7.64. The lowest BCUT2D eigenvalue weighted by Gasteiger charge is -2.28. The van der Waals surface area contributed by atoms with Crippen molar-refractivity contribution in [2.24, 2.45) is 0 Å². The molecule has 1 N–H and O–H groups in total. The van der Waals surface area contributed by atoms with Crippen molar-refractivity contribution in [1.82, 2.24) is 10.2 Å². The van der Waals surface area contributed by atoms with Crippen LogP contribution in [0.15, 0.2) is 59.5 Å². The molecule has 0 heterocycles. The summed E-state index contributed by atoms with van der Waals surface area (Å²) in [6, 6.07) is 16.2. The molecule has 1 aliphatic carbocycles. The van der Waals surface area contributed by atoms with Gasteiger partial charge in [-0.1, -0.05) is 54.8 Å². The minimum absolute atomic E-state index is 0.153. The number of nitrogens with zero attached hydrogens (tertiary/aromatic N) is 1. The molecule has 3 rings (SSSR count). The predicted molar refractivity (Wildman–Crippen MR) is 116 cm³/mol. The zero-order chi connectivity index (χ0) is 20.9. The van der Waals surface area contributed by atoms with Crippen molar-refractivity contribution >= 4 is 27.3 Å². The summed E-state index contributed by atoms with van der Waals surface area (Å²) in [5.41, 5.74) is 1.19. The molecule has 0 radical (unpaired) electrons. The Morgan fingerprint density at radius 1 is 1.07 bits per heavy atom. The van der Waals surface area contributed by atoms with Crippen molar-refractivity contribution in [2.75, 3.05) is 20.1 Å². The van der Waals surface area contributed by atoms with E-state index in [0.717, 1.165) is 19.4 Å². The Bertz CT molecular complexity index is 924. The first-order valence-electron chi connectivity index (χ1n) is 9.86. The summed E-state index contributed by atoms with van der Waals surface area (Å²) in [4.78, 5) is 15.3. The molecule has 2 aromatic rings. The highest BCUT2D eigenvalue weighted by Crippen LogP contribution is 2.41. The molecule has 7 heteroatoms. The summed E-state index contributed by atoms with van der Waals surface area (Å²) in [5.74, 6) is -0.391. The zero-order valence-electron chi connectivity index (χ0n) is 16.6. The Kier molecular flexibility index (Phi) is 6.98. The van der Waals surface area contributed by atoms with Gasteiger partial charge in [-0.25, -0.2) is 8.42 Å². The number of sulfone groups is 1. The summed E-state index contributed by atoms with van der Waals surface area (Å²) in [7, 11) is -1.82. The number of amides is 1. The van der Waals surface area contributed by atoms with Crippen LogP contribution >= 0.6 is 11.6 Å². The van der Waals surface area contributed by atoms with E-state index in [9.17, 15) is 13.2 Å². The molecule has 1 saturated carbocycles. The van der Waals surface area contributed by atoms with Crippen LogP contribution in [0, 0.1) is 0 Å². The minimum atomic E-state index is -3.80. The maximum Gasteiger partial charge on any atom is 0.241 e. The van der Waals surface area contributed by atoms with Gasteiger partial charge in [-0.2, -0.15) is 0 Å². The number of carbonyl (C=O) groups is 1. The summed E-state index contributed by atoms with van der Waals surface area (Å²) in [5, 5.41) is 3.35. The van der Waals surface area contributed by atoms with Crippen LogP contribution in [0.25, 0.3) is 0 Å². The molecule has 1 aliphatic rings. The second kappa shape index (κ2) is 9.28. The average molecular weight is 435 g/mol. The molecule has 2 aromatic carbocycles. The third-order valence-corrected chi connectivity index (χ3v) is 8.30. The van der Waals surface area contributed by atoms with Crippen LogP contribution in [0.3, 0.4) is 0 Å². The third-order valence-electron chi connectivity index (χ3n) is 5.54. The number of hydrogen-bond donors (Lipinski definition) is 1. The number of hydrogen-bond acceptors (Lipinski definition) is 4. The van der Waals surface area contributed by atoms with Crippen LogP contribution < -0.4 is 5.32 Å². The zero-order valence-corrected chi connectivity index (χ0v) is 18.2. The fraction of sp³-hybridized carbons (Fsp3) is 0.409. The van der Waals surface area contributed by atoms with Gasteiger partial charge in [-0.3, -0.25) is 4.79 Å². The van der Waals surface area contributed by atoms with Gasteiger partial charge < -0.3 is 10.2 Å². The highest BCUT2D eigenvalue weighted by Gasteiger charge is 2.52. The molecule has 5 nitrogen and oxygen atoms in total. The van der Waals surface area contributed by atoms with Gasteiger partial charge in [0.25, 0.3) is 0 Å². The molecule has 0 aliphatic heterocycles. The Morgan fingerprint density at radius 3 is 2.31 bits per heavy atom. The fourth-order valence-electron chi connectivity index (χ4n) is 3.90. The number of benzene rings is 2. The summed E-state index contributed by atoms with van der Waals surface area (Å²) >= 11 is 5.90. The summed E-state index contributed by atoms with van der Waals surface area (Å²) < 4.78 is 25.3. The Morgan fingerprint density at radius 2 is 1.69 bits per heavy atom. The van der Waals surface area contributed by atoms with Crippen molar-refractivity contribution < 1.29 is 13.2 Å². The van der Waals surface area contributed by atoms with E-state index >= 15 is 0 Å². The standard InChI is InChI=1S/C22H27ClN2O3S/c1-25(17-18-7-3-2-4-8-18)16-15-24-21(26)22(13-5-6-14-22)29(27,28)20-11-9-19(23)10-12-20/h2-4,7-12H,5-6,13-17H2,1H3,(H,24,26). The van der Waals surface area contributed by atoms with Gasteiger partial charge in [0, 0.05) is 24.7 Å². The van der Waals surface area contributed by atoms with Gasteiger partial charge >= 0.3 is 0 Å². The number of nitrogens with one attached hydrogen (secondary N) is 1. The topological polar surface area (TPSA) is 66.5 Å². The van der Waals surface area contributed by atoms with Gasteiger partial charge in [0.15, 0.2) is 14.6 Å². The van der Waals surface area contributed by atoms with Crippen molar-refractivity contribution in [3.05, 3.63) is 65.2 Å². The molecule has 0 unspecified atom stereocenters. The highest BCUT2D eigenvalue weighted by atomic mass is 35.5. The molecule has 1 amide bonds. The predicted octanol–water partition coefficient (Wildman–Crippen LogP) is 3.67. The largest absolute Gasteiger partial charge is 0.353 e. The van der Waals surface area contributed by atoms with Crippen LogP contribution in [0.4, 0.5) is 0 Å². The SMILES string of the molecule is CN(CCNC(=O)C1(S(=O)(=O)c2ccc(Cl)cc2)CCCC1)Cc1ccccc1. The van der Waals surface area contributed by atoms with Gasteiger partial charge in [0.1, 0.15) is 0 Å². The normalized spacial score (nSPS) is 16.1. The van der Waals surface area contributed by atoms with Gasteiger partial charge in [0.05, 0.1) is 4.90 Å². The van der Waals surface area contributed by atoms with E-state index in [1.165, 1.54) is 17.7 Å². The van der Waals surface area contributed by atoms with Crippen molar-refractivity contribution in [1.29, 1.82) is 0 Å². The molecule has 29 heavy (non-hydrogen) atoms. The molecule has 156 valence electrons. The van der Waals surface area contributed by atoms with E-state index in [0.29, 0.717) is 31.0 Å². The molecule has 0 atom stereocenters. The molecular formula is C22H27ClN2O3S. The van der Waals surface area contributed by atoms with Crippen LogP contribution in [0.1, 0.15) is 31.2 Å².